The van der Waals surface area contributed by atoms with Crippen LogP contribution in [-0.4, -0.2) is 18.3 Å². The molecule has 4 heteroatoms. The molecule has 0 aliphatic heterocycles. The van der Waals surface area contributed by atoms with E-state index in [-0.39, 0.29) is 18.4 Å². The average Bonchev–Trinajstić information content (AvgIpc) is 2.16. The Balaban J connectivity index is 0.00000169. The van der Waals surface area contributed by atoms with Gasteiger partial charge in [0.15, 0.2) is 0 Å². The molecule has 2 atom stereocenters. The zero-order chi connectivity index (χ0) is 9.84. The number of halogens is 1. The van der Waals surface area contributed by atoms with Crippen LogP contribution in [0.1, 0.15) is 18.6 Å². The molecule has 14 heavy (non-hydrogen) atoms. The van der Waals surface area contributed by atoms with E-state index in [9.17, 15) is 5.11 Å². The number of aliphatic hydroxyl groups is 1. The smallest absolute Gasteiger partial charge is 0.119 e. The molecule has 0 heterocycles. The first-order chi connectivity index (χ1) is 6.15. The van der Waals surface area contributed by atoms with E-state index in [4.69, 9.17) is 10.5 Å². The molecular weight excluding hydrogens is 202 g/mol. The van der Waals surface area contributed by atoms with Gasteiger partial charge in [-0.1, -0.05) is 12.1 Å². The molecule has 3 N–H and O–H groups in total. The molecule has 0 bridgehead atoms. The highest BCUT2D eigenvalue weighted by molar-refractivity contribution is 5.85. The Hall–Kier alpha value is -0.770. The van der Waals surface area contributed by atoms with Crippen LogP contribution >= 0.6 is 12.4 Å². The second-order valence-corrected chi connectivity index (χ2v) is 3.08. The molecule has 0 aromatic heterocycles. The predicted molar refractivity (Wildman–Crippen MR) is 58.9 cm³/mol. The summed E-state index contributed by atoms with van der Waals surface area (Å²) in [5.41, 5.74) is 6.36. The van der Waals surface area contributed by atoms with Crippen LogP contribution in [-0.2, 0) is 0 Å². The van der Waals surface area contributed by atoms with Crippen molar-refractivity contribution in [3.05, 3.63) is 29.8 Å². The third-order valence-corrected chi connectivity index (χ3v) is 1.93. The predicted octanol–water partition coefficient (Wildman–Crippen LogP) is 1.50. The van der Waals surface area contributed by atoms with Crippen LogP contribution in [0.25, 0.3) is 0 Å². The van der Waals surface area contributed by atoms with Crippen molar-refractivity contribution in [3.8, 4) is 5.75 Å². The van der Waals surface area contributed by atoms with E-state index in [0.717, 1.165) is 11.3 Å². The fourth-order valence-electron chi connectivity index (χ4n) is 1.13. The van der Waals surface area contributed by atoms with E-state index >= 15 is 0 Å². The molecule has 0 spiro atoms. The molecule has 0 saturated heterocycles. The number of methoxy groups -OCH3 is 1. The first kappa shape index (κ1) is 13.2. The van der Waals surface area contributed by atoms with Crippen LogP contribution < -0.4 is 10.5 Å². The second kappa shape index (κ2) is 5.86. The van der Waals surface area contributed by atoms with Gasteiger partial charge in [-0.2, -0.15) is 0 Å². The Labute approximate surface area is 90.3 Å². The summed E-state index contributed by atoms with van der Waals surface area (Å²) < 4.78 is 5.03. The Kier molecular flexibility index (Phi) is 5.53. The van der Waals surface area contributed by atoms with Gasteiger partial charge < -0.3 is 15.6 Å². The number of ether oxygens (including phenoxy) is 1. The van der Waals surface area contributed by atoms with Gasteiger partial charge in [0.05, 0.1) is 13.2 Å². The van der Waals surface area contributed by atoms with Crippen LogP contribution in [0.15, 0.2) is 24.3 Å². The summed E-state index contributed by atoms with van der Waals surface area (Å²) in [6.07, 6.45) is -0.630. The van der Waals surface area contributed by atoms with Gasteiger partial charge in [0, 0.05) is 6.04 Å². The number of benzene rings is 1. The van der Waals surface area contributed by atoms with Crippen molar-refractivity contribution in [2.75, 3.05) is 7.11 Å². The fourth-order valence-corrected chi connectivity index (χ4v) is 1.13. The normalized spacial score (nSPS) is 14.0. The minimum Gasteiger partial charge on any atom is -0.497 e. The summed E-state index contributed by atoms with van der Waals surface area (Å²) in [4.78, 5) is 0. The summed E-state index contributed by atoms with van der Waals surface area (Å²) >= 11 is 0. The van der Waals surface area contributed by atoms with Gasteiger partial charge in [-0.15, -0.1) is 12.4 Å². The average molecular weight is 218 g/mol. The molecule has 0 aliphatic carbocycles. The van der Waals surface area contributed by atoms with Crippen LogP contribution in [0.2, 0.25) is 0 Å². The Bertz CT molecular complexity index is 279. The zero-order valence-corrected chi connectivity index (χ0v) is 9.12. The molecule has 0 amide bonds. The Morgan fingerprint density at radius 2 is 2.07 bits per heavy atom. The number of rotatable bonds is 3. The molecule has 3 nitrogen and oxygen atoms in total. The first-order valence-electron chi connectivity index (χ1n) is 4.22. The number of aliphatic hydroxyl groups excluding tert-OH is 1. The highest BCUT2D eigenvalue weighted by Crippen LogP contribution is 2.20. The Morgan fingerprint density at radius 3 is 2.57 bits per heavy atom. The van der Waals surface area contributed by atoms with Gasteiger partial charge in [0.2, 0.25) is 0 Å². The van der Waals surface area contributed by atoms with E-state index in [0.29, 0.717) is 0 Å². The van der Waals surface area contributed by atoms with E-state index < -0.39 is 6.10 Å². The lowest BCUT2D eigenvalue weighted by atomic mass is 10.0. The third-order valence-electron chi connectivity index (χ3n) is 1.93. The van der Waals surface area contributed by atoms with Crippen molar-refractivity contribution in [2.45, 2.75) is 19.1 Å². The van der Waals surface area contributed by atoms with Crippen LogP contribution in [0, 0.1) is 0 Å². The lowest BCUT2D eigenvalue weighted by molar-refractivity contribution is 0.153. The van der Waals surface area contributed by atoms with Crippen molar-refractivity contribution < 1.29 is 9.84 Å². The van der Waals surface area contributed by atoms with Crippen molar-refractivity contribution in [1.29, 1.82) is 0 Å². The first-order valence-corrected chi connectivity index (χ1v) is 4.22. The summed E-state index contributed by atoms with van der Waals surface area (Å²) in [5.74, 6) is 0.734. The molecular formula is C10H16ClNO2. The SMILES string of the molecule is COc1cccc(C(O)C(C)N)c1.Cl. The topological polar surface area (TPSA) is 55.5 Å². The standard InChI is InChI=1S/C10H15NO2.ClH/c1-7(11)10(12)8-4-3-5-9(6-8)13-2;/h3-7,10,12H,11H2,1-2H3;1H. The van der Waals surface area contributed by atoms with Crippen molar-refractivity contribution in [1.82, 2.24) is 0 Å². The van der Waals surface area contributed by atoms with Crippen LogP contribution in [0.4, 0.5) is 0 Å². The second-order valence-electron chi connectivity index (χ2n) is 3.08. The summed E-state index contributed by atoms with van der Waals surface area (Å²) in [5, 5.41) is 9.64. The van der Waals surface area contributed by atoms with Gasteiger partial charge in [0.1, 0.15) is 5.75 Å². The molecule has 1 aromatic rings. The number of nitrogens with two attached hydrogens (primary N) is 1. The van der Waals surface area contributed by atoms with Gasteiger partial charge in [0.25, 0.3) is 0 Å². The van der Waals surface area contributed by atoms with Gasteiger partial charge in [-0.25, -0.2) is 0 Å². The molecule has 0 aliphatic rings. The molecule has 1 rings (SSSR count). The van der Waals surface area contributed by atoms with Gasteiger partial charge in [-0.05, 0) is 24.6 Å². The van der Waals surface area contributed by atoms with E-state index in [1.807, 2.05) is 18.2 Å². The monoisotopic (exact) mass is 217 g/mol. The fraction of sp³-hybridized carbons (Fsp3) is 0.400. The third kappa shape index (κ3) is 3.18. The lowest BCUT2D eigenvalue weighted by Crippen LogP contribution is -2.24. The highest BCUT2D eigenvalue weighted by atomic mass is 35.5. The largest absolute Gasteiger partial charge is 0.497 e. The molecule has 0 radical (unpaired) electrons. The van der Waals surface area contributed by atoms with E-state index in [2.05, 4.69) is 0 Å². The maximum Gasteiger partial charge on any atom is 0.119 e. The van der Waals surface area contributed by atoms with E-state index in [1.54, 1.807) is 20.1 Å². The highest BCUT2D eigenvalue weighted by Gasteiger charge is 2.12. The molecule has 0 saturated carbocycles. The summed E-state index contributed by atoms with van der Waals surface area (Å²) in [6, 6.07) is 7.01. The molecule has 2 unspecified atom stereocenters. The molecule has 0 fully saturated rings. The summed E-state index contributed by atoms with van der Waals surface area (Å²) in [7, 11) is 1.59. The molecule has 80 valence electrons. The Morgan fingerprint density at radius 1 is 1.43 bits per heavy atom. The number of hydrogen-bond donors (Lipinski definition) is 2. The van der Waals surface area contributed by atoms with Crippen molar-refractivity contribution in [3.63, 3.8) is 0 Å². The minimum absolute atomic E-state index is 0. The van der Waals surface area contributed by atoms with Crippen molar-refractivity contribution >= 4 is 12.4 Å². The van der Waals surface area contributed by atoms with Crippen LogP contribution in [0.3, 0.4) is 0 Å². The lowest BCUT2D eigenvalue weighted by Gasteiger charge is -2.15. The van der Waals surface area contributed by atoms with Crippen LogP contribution in [0.5, 0.6) is 5.75 Å². The minimum atomic E-state index is -0.630. The molecule has 1 aromatic carbocycles. The van der Waals surface area contributed by atoms with Gasteiger partial charge in [-0.3, -0.25) is 0 Å². The van der Waals surface area contributed by atoms with E-state index in [1.165, 1.54) is 0 Å². The maximum absolute atomic E-state index is 9.64. The van der Waals surface area contributed by atoms with Gasteiger partial charge >= 0.3 is 0 Å². The summed E-state index contributed by atoms with van der Waals surface area (Å²) in [6.45, 7) is 1.77. The quantitative estimate of drug-likeness (QED) is 0.807. The maximum atomic E-state index is 9.64. The number of hydrogen-bond acceptors (Lipinski definition) is 3. The van der Waals surface area contributed by atoms with Crippen molar-refractivity contribution in [2.24, 2.45) is 5.73 Å². The zero-order valence-electron chi connectivity index (χ0n) is 8.31.